The SMILES string of the molecule is CC(C)C(N)c1cccc2cc[nH]c12. The summed E-state index contributed by atoms with van der Waals surface area (Å²) in [5.41, 5.74) is 8.53. The molecule has 1 aromatic carbocycles. The number of nitrogens with two attached hydrogens (primary N) is 1. The zero-order chi connectivity index (χ0) is 10.1. The van der Waals surface area contributed by atoms with Crippen LogP contribution >= 0.6 is 0 Å². The average molecular weight is 188 g/mol. The molecule has 1 heterocycles. The Bertz CT molecular complexity index is 429. The molecule has 0 radical (unpaired) electrons. The third kappa shape index (κ3) is 1.42. The van der Waals surface area contributed by atoms with Gasteiger partial charge in [-0.1, -0.05) is 32.0 Å². The van der Waals surface area contributed by atoms with E-state index in [4.69, 9.17) is 5.73 Å². The smallest absolute Gasteiger partial charge is 0.0502 e. The van der Waals surface area contributed by atoms with E-state index < -0.39 is 0 Å². The van der Waals surface area contributed by atoms with Crippen LogP contribution in [0.1, 0.15) is 25.5 Å². The van der Waals surface area contributed by atoms with E-state index in [1.807, 2.05) is 6.20 Å². The Morgan fingerprint density at radius 3 is 2.71 bits per heavy atom. The average Bonchev–Trinajstić information content (AvgIpc) is 2.63. The Labute approximate surface area is 84.1 Å². The molecule has 2 heteroatoms. The van der Waals surface area contributed by atoms with Crippen molar-refractivity contribution in [3.05, 3.63) is 36.0 Å². The van der Waals surface area contributed by atoms with Crippen LogP contribution in [0.25, 0.3) is 10.9 Å². The molecule has 0 fully saturated rings. The molecule has 0 aliphatic heterocycles. The van der Waals surface area contributed by atoms with Crippen molar-refractivity contribution < 1.29 is 0 Å². The van der Waals surface area contributed by atoms with Crippen molar-refractivity contribution in [1.29, 1.82) is 0 Å². The van der Waals surface area contributed by atoms with Crippen LogP contribution in [0.3, 0.4) is 0 Å². The first-order valence-electron chi connectivity index (χ1n) is 5.01. The normalized spacial score (nSPS) is 13.7. The van der Waals surface area contributed by atoms with E-state index in [1.165, 1.54) is 16.5 Å². The second kappa shape index (κ2) is 3.46. The highest BCUT2D eigenvalue weighted by atomic mass is 14.7. The fourth-order valence-electron chi connectivity index (χ4n) is 1.75. The van der Waals surface area contributed by atoms with Crippen molar-refractivity contribution in [3.8, 4) is 0 Å². The lowest BCUT2D eigenvalue weighted by Gasteiger charge is -2.16. The van der Waals surface area contributed by atoms with Crippen LogP contribution in [0.2, 0.25) is 0 Å². The number of nitrogens with one attached hydrogen (secondary N) is 1. The zero-order valence-electron chi connectivity index (χ0n) is 8.62. The molecule has 1 atom stereocenters. The summed E-state index contributed by atoms with van der Waals surface area (Å²) < 4.78 is 0. The number of hydrogen-bond donors (Lipinski definition) is 2. The van der Waals surface area contributed by atoms with Gasteiger partial charge < -0.3 is 10.7 Å². The molecule has 1 aromatic heterocycles. The highest BCUT2D eigenvalue weighted by Gasteiger charge is 2.13. The third-order valence-electron chi connectivity index (χ3n) is 2.70. The molecule has 0 saturated heterocycles. The van der Waals surface area contributed by atoms with Gasteiger partial charge in [-0.15, -0.1) is 0 Å². The van der Waals surface area contributed by atoms with Gasteiger partial charge in [-0.25, -0.2) is 0 Å². The summed E-state index contributed by atoms with van der Waals surface area (Å²) in [5.74, 6) is 0.462. The van der Waals surface area contributed by atoms with Gasteiger partial charge in [-0.2, -0.15) is 0 Å². The molecule has 0 amide bonds. The number of para-hydroxylation sites is 1. The lowest BCUT2D eigenvalue weighted by Crippen LogP contribution is -2.16. The van der Waals surface area contributed by atoms with Crippen molar-refractivity contribution in [1.82, 2.24) is 4.98 Å². The summed E-state index contributed by atoms with van der Waals surface area (Å²) in [6.07, 6.45) is 1.96. The van der Waals surface area contributed by atoms with Crippen LogP contribution in [-0.2, 0) is 0 Å². The van der Waals surface area contributed by atoms with Crippen LogP contribution in [0.4, 0.5) is 0 Å². The minimum Gasteiger partial charge on any atom is -0.361 e. The predicted molar refractivity (Wildman–Crippen MR) is 60.1 cm³/mol. The highest BCUT2D eigenvalue weighted by molar-refractivity contribution is 5.82. The zero-order valence-corrected chi connectivity index (χ0v) is 8.62. The highest BCUT2D eigenvalue weighted by Crippen LogP contribution is 2.25. The predicted octanol–water partition coefficient (Wildman–Crippen LogP) is 2.82. The first-order valence-corrected chi connectivity index (χ1v) is 5.01. The second-order valence-electron chi connectivity index (χ2n) is 4.06. The fourth-order valence-corrected chi connectivity index (χ4v) is 1.75. The monoisotopic (exact) mass is 188 g/mol. The van der Waals surface area contributed by atoms with Crippen LogP contribution in [0.15, 0.2) is 30.5 Å². The quantitative estimate of drug-likeness (QED) is 0.747. The van der Waals surface area contributed by atoms with Crippen LogP contribution in [0.5, 0.6) is 0 Å². The lowest BCUT2D eigenvalue weighted by molar-refractivity contribution is 0.517. The largest absolute Gasteiger partial charge is 0.361 e. The number of aromatic nitrogens is 1. The van der Waals surface area contributed by atoms with E-state index in [9.17, 15) is 0 Å². The van der Waals surface area contributed by atoms with Gasteiger partial charge in [-0.3, -0.25) is 0 Å². The molecule has 2 aromatic rings. The number of aromatic amines is 1. The van der Waals surface area contributed by atoms with Crippen molar-refractivity contribution in [2.75, 3.05) is 0 Å². The Balaban J connectivity index is 2.56. The molecule has 0 aliphatic rings. The molecule has 1 unspecified atom stereocenters. The minimum absolute atomic E-state index is 0.109. The van der Waals surface area contributed by atoms with Gasteiger partial charge in [0.2, 0.25) is 0 Å². The molecule has 0 spiro atoms. The van der Waals surface area contributed by atoms with Gasteiger partial charge in [0.05, 0.1) is 5.52 Å². The summed E-state index contributed by atoms with van der Waals surface area (Å²) >= 11 is 0. The Kier molecular flexibility index (Phi) is 2.30. The fraction of sp³-hybridized carbons (Fsp3) is 0.333. The number of benzene rings is 1. The van der Waals surface area contributed by atoms with Gasteiger partial charge >= 0.3 is 0 Å². The molecular formula is C12H16N2. The van der Waals surface area contributed by atoms with E-state index in [2.05, 4.69) is 43.1 Å². The van der Waals surface area contributed by atoms with Crippen LogP contribution in [-0.4, -0.2) is 4.98 Å². The van der Waals surface area contributed by atoms with Crippen molar-refractivity contribution in [3.63, 3.8) is 0 Å². The van der Waals surface area contributed by atoms with Crippen molar-refractivity contribution in [2.24, 2.45) is 11.7 Å². The van der Waals surface area contributed by atoms with Crippen LogP contribution < -0.4 is 5.73 Å². The first kappa shape index (κ1) is 9.28. The maximum atomic E-state index is 6.14. The maximum absolute atomic E-state index is 6.14. The number of rotatable bonds is 2. The third-order valence-corrected chi connectivity index (χ3v) is 2.70. The molecule has 14 heavy (non-hydrogen) atoms. The van der Waals surface area contributed by atoms with E-state index in [-0.39, 0.29) is 6.04 Å². The van der Waals surface area contributed by atoms with E-state index in [0.717, 1.165) is 0 Å². The van der Waals surface area contributed by atoms with E-state index >= 15 is 0 Å². The molecule has 2 rings (SSSR count). The Morgan fingerprint density at radius 2 is 2.00 bits per heavy atom. The Morgan fingerprint density at radius 1 is 1.21 bits per heavy atom. The number of hydrogen-bond acceptors (Lipinski definition) is 1. The first-order chi connectivity index (χ1) is 6.70. The van der Waals surface area contributed by atoms with Gasteiger partial charge in [0, 0.05) is 12.2 Å². The number of fused-ring (bicyclic) bond motifs is 1. The molecule has 3 N–H and O–H groups in total. The topological polar surface area (TPSA) is 41.8 Å². The van der Waals surface area contributed by atoms with E-state index in [0.29, 0.717) is 5.92 Å². The molecule has 2 nitrogen and oxygen atoms in total. The van der Waals surface area contributed by atoms with Gasteiger partial charge in [0.15, 0.2) is 0 Å². The van der Waals surface area contributed by atoms with E-state index in [1.54, 1.807) is 0 Å². The summed E-state index contributed by atoms with van der Waals surface area (Å²) in [7, 11) is 0. The molecule has 0 saturated carbocycles. The Hall–Kier alpha value is -1.28. The summed E-state index contributed by atoms with van der Waals surface area (Å²) in [5, 5.41) is 1.23. The summed E-state index contributed by atoms with van der Waals surface area (Å²) in [6.45, 7) is 4.29. The maximum Gasteiger partial charge on any atom is 0.0502 e. The second-order valence-corrected chi connectivity index (χ2v) is 4.06. The standard InChI is InChI=1S/C12H16N2/c1-8(2)11(13)10-5-3-4-9-6-7-14-12(9)10/h3-8,11,14H,13H2,1-2H3. The van der Waals surface area contributed by atoms with Gasteiger partial charge in [0.1, 0.15) is 0 Å². The van der Waals surface area contributed by atoms with Crippen molar-refractivity contribution in [2.45, 2.75) is 19.9 Å². The molecular weight excluding hydrogens is 172 g/mol. The molecule has 74 valence electrons. The van der Waals surface area contributed by atoms with Crippen molar-refractivity contribution >= 4 is 10.9 Å². The molecule has 0 aliphatic carbocycles. The molecule has 0 bridgehead atoms. The summed E-state index contributed by atoms with van der Waals surface area (Å²) in [4.78, 5) is 3.24. The van der Waals surface area contributed by atoms with Gasteiger partial charge in [-0.05, 0) is 22.9 Å². The lowest BCUT2D eigenvalue weighted by atomic mass is 9.95. The van der Waals surface area contributed by atoms with Crippen LogP contribution in [0, 0.1) is 5.92 Å². The summed E-state index contributed by atoms with van der Waals surface area (Å²) in [6, 6.07) is 8.45. The number of H-pyrrole nitrogens is 1. The van der Waals surface area contributed by atoms with Gasteiger partial charge in [0.25, 0.3) is 0 Å². The minimum atomic E-state index is 0.109.